The van der Waals surface area contributed by atoms with E-state index in [9.17, 15) is 9.59 Å². The first-order valence-corrected chi connectivity index (χ1v) is 8.52. The average Bonchev–Trinajstić information content (AvgIpc) is 2.68. The van der Waals surface area contributed by atoms with E-state index in [1.807, 2.05) is 0 Å². The van der Waals surface area contributed by atoms with Gasteiger partial charge in [0.05, 0.1) is 5.69 Å². The lowest BCUT2D eigenvalue weighted by atomic mass is 10.1. The summed E-state index contributed by atoms with van der Waals surface area (Å²) in [4.78, 5) is 27.7. The Labute approximate surface area is 159 Å². The van der Waals surface area contributed by atoms with Gasteiger partial charge in [0.25, 0.3) is 5.91 Å². The highest BCUT2D eigenvalue weighted by molar-refractivity contribution is 9.11. The summed E-state index contributed by atoms with van der Waals surface area (Å²) in [5.41, 5.74) is 1.06. The number of rotatable bonds is 5. The van der Waals surface area contributed by atoms with Crippen LogP contribution in [0.4, 0.5) is 10.5 Å². The molecule has 1 saturated heterocycles. The summed E-state index contributed by atoms with van der Waals surface area (Å²) in [7, 11) is 1.58. The summed E-state index contributed by atoms with van der Waals surface area (Å²) in [5.74, 6) is -0.340. The van der Waals surface area contributed by atoms with Gasteiger partial charge in [0.2, 0.25) is 0 Å². The monoisotopic (exact) mass is 428 g/mol. The van der Waals surface area contributed by atoms with Gasteiger partial charge in [-0.1, -0.05) is 63.9 Å². The number of amides is 3. The smallest absolute Gasteiger partial charge is 0.315 e. The normalized spacial score (nSPS) is 17.9. The lowest BCUT2D eigenvalue weighted by Gasteiger charge is -2.15. The summed E-state index contributed by atoms with van der Waals surface area (Å²) in [6.45, 7) is 7.60. The molecule has 0 N–H and O–H groups in total. The SMILES string of the molecule is C=C(Br)/C=C\C(=C)CC1C(=O)N(c2cc(Cl)cc(Cl)c2)C(=O)N1C. The first-order chi connectivity index (χ1) is 11.2. The van der Waals surface area contributed by atoms with Crippen LogP contribution in [0.1, 0.15) is 6.42 Å². The number of carbonyl (C=O) groups is 2. The quantitative estimate of drug-likeness (QED) is 0.478. The maximum Gasteiger partial charge on any atom is 0.331 e. The van der Waals surface area contributed by atoms with Crippen molar-refractivity contribution in [3.05, 3.63) is 63.6 Å². The second-order valence-corrected chi connectivity index (χ2v) is 7.24. The lowest BCUT2D eigenvalue weighted by Crippen LogP contribution is -2.31. The number of nitrogens with zero attached hydrogens (tertiary/aromatic N) is 2. The van der Waals surface area contributed by atoms with Gasteiger partial charge in [-0.2, -0.15) is 0 Å². The van der Waals surface area contributed by atoms with Crippen LogP contribution in [0.3, 0.4) is 0 Å². The Hall–Kier alpha value is -1.56. The maximum atomic E-state index is 12.7. The molecule has 126 valence electrons. The second-order valence-electron chi connectivity index (χ2n) is 5.35. The number of hydrogen-bond acceptors (Lipinski definition) is 2. The van der Waals surface area contributed by atoms with Gasteiger partial charge in [-0.3, -0.25) is 4.79 Å². The number of anilines is 1. The molecule has 1 aromatic carbocycles. The zero-order valence-corrected chi connectivity index (χ0v) is 16.0. The van der Waals surface area contributed by atoms with Crippen LogP contribution in [0, 0.1) is 0 Å². The molecule has 0 aliphatic carbocycles. The highest BCUT2D eigenvalue weighted by Crippen LogP contribution is 2.31. The first-order valence-electron chi connectivity index (χ1n) is 6.98. The second kappa shape index (κ2) is 7.55. The van der Waals surface area contributed by atoms with Gasteiger partial charge in [0.15, 0.2) is 0 Å². The predicted octanol–water partition coefficient (Wildman–Crippen LogP) is 5.17. The van der Waals surface area contributed by atoms with E-state index in [2.05, 4.69) is 29.1 Å². The molecule has 1 aromatic rings. The van der Waals surface area contributed by atoms with Crippen molar-refractivity contribution in [2.75, 3.05) is 11.9 Å². The number of hydrogen-bond donors (Lipinski definition) is 0. The number of allylic oxidation sites excluding steroid dienone is 3. The van der Waals surface area contributed by atoms with E-state index in [-0.39, 0.29) is 5.91 Å². The molecule has 4 nitrogen and oxygen atoms in total. The van der Waals surface area contributed by atoms with Crippen LogP contribution < -0.4 is 4.90 Å². The average molecular weight is 430 g/mol. The fourth-order valence-corrected chi connectivity index (χ4v) is 3.00. The van der Waals surface area contributed by atoms with E-state index in [0.29, 0.717) is 32.2 Å². The van der Waals surface area contributed by atoms with E-state index in [0.717, 1.165) is 4.90 Å². The summed E-state index contributed by atoms with van der Waals surface area (Å²) in [5, 5.41) is 0.708. The largest absolute Gasteiger partial charge is 0.331 e. The van der Waals surface area contributed by atoms with Gasteiger partial charge >= 0.3 is 6.03 Å². The van der Waals surface area contributed by atoms with E-state index in [1.54, 1.807) is 25.3 Å². The molecule has 1 fully saturated rings. The number of carbonyl (C=O) groups excluding carboxylic acids is 2. The Morgan fingerprint density at radius 1 is 1.21 bits per heavy atom. The minimum atomic E-state index is -0.629. The third kappa shape index (κ3) is 4.09. The molecule has 0 aromatic heterocycles. The van der Waals surface area contributed by atoms with Crippen molar-refractivity contribution in [3.63, 3.8) is 0 Å². The van der Waals surface area contributed by atoms with Crippen molar-refractivity contribution in [1.82, 2.24) is 4.90 Å². The van der Waals surface area contributed by atoms with Crippen molar-refractivity contribution < 1.29 is 9.59 Å². The minimum Gasteiger partial charge on any atom is -0.315 e. The van der Waals surface area contributed by atoms with E-state index < -0.39 is 12.1 Å². The van der Waals surface area contributed by atoms with Crippen LogP contribution in [0.15, 0.2) is 53.6 Å². The third-order valence-corrected chi connectivity index (χ3v) is 4.23. The highest BCUT2D eigenvalue weighted by Gasteiger charge is 2.43. The van der Waals surface area contributed by atoms with Crippen molar-refractivity contribution in [3.8, 4) is 0 Å². The fourth-order valence-electron chi connectivity index (χ4n) is 2.35. The molecule has 1 heterocycles. The molecular weight excluding hydrogens is 415 g/mol. The van der Waals surface area contributed by atoms with E-state index in [1.165, 1.54) is 17.0 Å². The molecular formula is C17H15BrCl2N2O2. The maximum absolute atomic E-state index is 12.7. The summed E-state index contributed by atoms with van der Waals surface area (Å²) < 4.78 is 0.695. The lowest BCUT2D eigenvalue weighted by molar-refractivity contribution is -0.119. The van der Waals surface area contributed by atoms with Crippen molar-refractivity contribution in [2.45, 2.75) is 12.5 Å². The molecule has 0 saturated carbocycles. The standard InChI is InChI=1S/C17H15BrCl2N2O2/c1-10(4-5-11(2)18)6-15-16(23)22(17(24)21(15)3)14-8-12(19)7-13(20)9-14/h4-5,7-9,15H,1-2,6H2,3H3/b5-4-. The Kier molecular flexibility index (Phi) is 5.91. The Morgan fingerprint density at radius 2 is 1.79 bits per heavy atom. The molecule has 0 spiro atoms. The Bertz CT molecular complexity index is 741. The molecule has 1 aliphatic heterocycles. The Morgan fingerprint density at radius 3 is 2.33 bits per heavy atom. The van der Waals surface area contributed by atoms with Crippen LogP contribution in [0.5, 0.6) is 0 Å². The van der Waals surface area contributed by atoms with Crippen LogP contribution in [-0.2, 0) is 4.79 Å². The highest BCUT2D eigenvalue weighted by atomic mass is 79.9. The third-order valence-electron chi connectivity index (χ3n) is 3.53. The summed E-state index contributed by atoms with van der Waals surface area (Å²) in [6, 6.07) is 3.55. The van der Waals surface area contributed by atoms with Crippen LogP contribution in [0.25, 0.3) is 0 Å². The van der Waals surface area contributed by atoms with Crippen LogP contribution in [-0.4, -0.2) is 29.9 Å². The van der Waals surface area contributed by atoms with Crippen molar-refractivity contribution in [2.24, 2.45) is 0 Å². The molecule has 2 rings (SSSR count). The molecule has 0 bridgehead atoms. The first kappa shape index (κ1) is 18.8. The van der Waals surface area contributed by atoms with Crippen molar-refractivity contribution in [1.29, 1.82) is 0 Å². The number of benzene rings is 1. The van der Waals surface area contributed by atoms with Gasteiger partial charge in [-0.15, -0.1) is 0 Å². The molecule has 24 heavy (non-hydrogen) atoms. The molecule has 1 atom stereocenters. The topological polar surface area (TPSA) is 40.6 Å². The molecule has 1 unspecified atom stereocenters. The molecule has 0 radical (unpaired) electrons. The van der Waals surface area contributed by atoms with Crippen LogP contribution >= 0.6 is 39.1 Å². The van der Waals surface area contributed by atoms with Gasteiger partial charge in [-0.25, -0.2) is 9.69 Å². The van der Waals surface area contributed by atoms with Gasteiger partial charge in [-0.05, 0) is 24.3 Å². The molecule has 7 heteroatoms. The van der Waals surface area contributed by atoms with Crippen molar-refractivity contribution >= 4 is 56.8 Å². The minimum absolute atomic E-state index is 0.322. The molecule has 1 aliphatic rings. The summed E-state index contributed by atoms with van der Waals surface area (Å²) in [6.07, 6.45) is 3.81. The zero-order valence-electron chi connectivity index (χ0n) is 12.9. The van der Waals surface area contributed by atoms with Gasteiger partial charge < -0.3 is 4.90 Å². The predicted molar refractivity (Wildman–Crippen MR) is 102 cm³/mol. The summed E-state index contributed by atoms with van der Waals surface area (Å²) >= 11 is 15.2. The van der Waals surface area contributed by atoms with Crippen LogP contribution in [0.2, 0.25) is 10.0 Å². The number of halogens is 3. The van der Waals surface area contributed by atoms with Gasteiger partial charge in [0, 0.05) is 28.0 Å². The fraction of sp³-hybridized carbons (Fsp3) is 0.176. The number of imide groups is 1. The Balaban J connectivity index is 2.25. The molecule has 3 amide bonds. The zero-order chi connectivity index (χ0) is 18.0. The number of urea groups is 1. The van der Waals surface area contributed by atoms with Gasteiger partial charge in [0.1, 0.15) is 6.04 Å². The number of likely N-dealkylation sites (N-methyl/N-ethyl adjacent to an activating group) is 1. The van der Waals surface area contributed by atoms with E-state index >= 15 is 0 Å². The van der Waals surface area contributed by atoms with E-state index in [4.69, 9.17) is 23.2 Å².